The van der Waals surface area contributed by atoms with Gasteiger partial charge in [-0.1, -0.05) is 12.1 Å². The van der Waals surface area contributed by atoms with Crippen LogP contribution in [0.15, 0.2) is 42.5 Å². The van der Waals surface area contributed by atoms with Crippen molar-refractivity contribution in [2.45, 2.75) is 30.8 Å². The van der Waals surface area contributed by atoms with Crippen LogP contribution in [-0.4, -0.2) is 43.2 Å². The third kappa shape index (κ3) is 3.94. The number of ether oxygens (including phenoxy) is 2. The molecule has 1 saturated heterocycles. The third-order valence-corrected chi connectivity index (χ3v) is 6.20. The number of piperidine rings is 1. The van der Waals surface area contributed by atoms with Crippen LogP contribution in [0.3, 0.4) is 0 Å². The summed E-state index contributed by atoms with van der Waals surface area (Å²) in [7, 11) is 3.16. The Morgan fingerprint density at radius 2 is 1.66 bits per heavy atom. The molecule has 1 aliphatic heterocycles. The number of halogens is 1. The molecule has 0 bridgehead atoms. The van der Waals surface area contributed by atoms with Gasteiger partial charge in [0, 0.05) is 25.1 Å². The van der Waals surface area contributed by atoms with Crippen molar-refractivity contribution >= 4 is 5.91 Å². The van der Waals surface area contributed by atoms with Crippen LogP contribution in [0.5, 0.6) is 11.5 Å². The van der Waals surface area contributed by atoms with E-state index in [1.807, 2.05) is 17.0 Å². The Kier molecular flexibility index (Phi) is 5.21. The number of aliphatic hydroxyl groups is 1. The topological polar surface area (TPSA) is 59.0 Å². The van der Waals surface area contributed by atoms with Gasteiger partial charge in [0.15, 0.2) is 0 Å². The molecule has 1 saturated carbocycles. The molecule has 1 aliphatic carbocycles. The lowest BCUT2D eigenvalue weighted by molar-refractivity contribution is -0.137. The maximum Gasteiger partial charge on any atom is 0.226 e. The van der Waals surface area contributed by atoms with E-state index in [9.17, 15) is 14.3 Å². The summed E-state index contributed by atoms with van der Waals surface area (Å²) in [6, 6.07) is 11.8. The predicted octanol–water partition coefficient (Wildman–Crippen LogP) is 3.46. The van der Waals surface area contributed by atoms with Crippen molar-refractivity contribution in [2.75, 3.05) is 27.3 Å². The van der Waals surface area contributed by atoms with Crippen LogP contribution < -0.4 is 9.47 Å². The van der Waals surface area contributed by atoms with E-state index >= 15 is 0 Å². The van der Waals surface area contributed by atoms with Gasteiger partial charge in [-0.2, -0.15) is 0 Å². The summed E-state index contributed by atoms with van der Waals surface area (Å²) in [5, 5.41) is 11.2. The number of benzene rings is 2. The number of hydrogen-bond acceptors (Lipinski definition) is 4. The fourth-order valence-electron chi connectivity index (χ4n) is 4.24. The Morgan fingerprint density at radius 3 is 2.21 bits per heavy atom. The highest BCUT2D eigenvalue weighted by atomic mass is 19.1. The van der Waals surface area contributed by atoms with Gasteiger partial charge in [-0.3, -0.25) is 4.79 Å². The van der Waals surface area contributed by atoms with E-state index in [4.69, 9.17) is 9.47 Å². The zero-order chi connectivity index (χ0) is 20.6. The first-order valence-electron chi connectivity index (χ1n) is 9.94. The largest absolute Gasteiger partial charge is 0.497 e. The van der Waals surface area contributed by atoms with Gasteiger partial charge >= 0.3 is 0 Å². The molecular formula is C23H26FNO4. The molecule has 6 heteroatoms. The van der Waals surface area contributed by atoms with E-state index in [-0.39, 0.29) is 23.6 Å². The third-order valence-electron chi connectivity index (χ3n) is 6.20. The van der Waals surface area contributed by atoms with Crippen LogP contribution in [0.2, 0.25) is 0 Å². The Balaban J connectivity index is 1.40. The maximum atomic E-state index is 13.1. The summed E-state index contributed by atoms with van der Waals surface area (Å²) in [4.78, 5) is 14.7. The number of carbonyl (C=O) groups excluding carboxylic acids is 1. The molecule has 2 aromatic carbocycles. The molecule has 0 radical (unpaired) electrons. The van der Waals surface area contributed by atoms with E-state index in [1.165, 1.54) is 12.1 Å². The van der Waals surface area contributed by atoms with Gasteiger partial charge in [-0.05, 0) is 60.6 Å². The van der Waals surface area contributed by atoms with Gasteiger partial charge in [-0.25, -0.2) is 4.39 Å². The number of rotatable bonds is 5. The van der Waals surface area contributed by atoms with Crippen molar-refractivity contribution in [2.24, 2.45) is 5.92 Å². The van der Waals surface area contributed by atoms with Crippen molar-refractivity contribution in [3.05, 3.63) is 59.4 Å². The lowest BCUT2D eigenvalue weighted by Crippen LogP contribution is -2.45. The maximum absolute atomic E-state index is 13.1. The normalized spacial score (nSPS) is 22.8. The fraction of sp³-hybridized carbons (Fsp3) is 0.435. The minimum Gasteiger partial charge on any atom is -0.497 e. The SMILES string of the molecule is COc1cc(OC)cc(C2(O)CCN(C(=O)[C@H]3C[C@H]3c3ccc(F)cc3)CC2)c1. The van der Waals surface area contributed by atoms with Crippen LogP contribution in [0.4, 0.5) is 4.39 Å². The molecule has 5 nitrogen and oxygen atoms in total. The average Bonchev–Trinajstić information content (AvgIpc) is 3.55. The summed E-state index contributed by atoms with van der Waals surface area (Å²) in [5.74, 6) is 1.26. The summed E-state index contributed by atoms with van der Waals surface area (Å²) >= 11 is 0. The molecule has 2 atom stereocenters. The molecule has 29 heavy (non-hydrogen) atoms. The van der Waals surface area contributed by atoms with E-state index in [0.29, 0.717) is 37.4 Å². The first-order chi connectivity index (χ1) is 13.9. The van der Waals surface area contributed by atoms with E-state index < -0.39 is 5.60 Å². The highest BCUT2D eigenvalue weighted by molar-refractivity contribution is 5.83. The zero-order valence-corrected chi connectivity index (χ0v) is 16.7. The van der Waals surface area contributed by atoms with Crippen LogP contribution in [0.1, 0.15) is 36.3 Å². The Labute approximate surface area is 170 Å². The summed E-state index contributed by atoms with van der Waals surface area (Å²) < 4.78 is 23.7. The molecule has 2 fully saturated rings. The quantitative estimate of drug-likeness (QED) is 0.837. The van der Waals surface area contributed by atoms with Crippen LogP contribution >= 0.6 is 0 Å². The van der Waals surface area contributed by atoms with Crippen LogP contribution in [-0.2, 0) is 10.4 Å². The smallest absolute Gasteiger partial charge is 0.226 e. The molecule has 4 rings (SSSR count). The molecule has 0 aromatic heterocycles. The molecule has 2 aromatic rings. The van der Waals surface area contributed by atoms with Gasteiger partial charge < -0.3 is 19.5 Å². The van der Waals surface area contributed by atoms with Crippen LogP contribution in [0, 0.1) is 11.7 Å². The molecular weight excluding hydrogens is 373 g/mol. The zero-order valence-electron chi connectivity index (χ0n) is 16.7. The fourth-order valence-corrected chi connectivity index (χ4v) is 4.24. The Hall–Kier alpha value is -2.60. The molecule has 1 heterocycles. The molecule has 154 valence electrons. The van der Waals surface area contributed by atoms with E-state index in [1.54, 1.807) is 32.4 Å². The average molecular weight is 399 g/mol. The number of hydrogen-bond donors (Lipinski definition) is 1. The summed E-state index contributed by atoms with van der Waals surface area (Å²) in [6.45, 7) is 1.00. The Bertz CT molecular complexity index is 868. The minimum absolute atomic E-state index is 0.0384. The van der Waals surface area contributed by atoms with Gasteiger partial charge in [0.1, 0.15) is 17.3 Å². The number of carbonyl (C=O) groups is 1. The first-order valence-corrected chi connectivity index (χ1v) is 9.94. The highest BCUT2D eigenvalue weighted by Crippen LogP contribution is 2.49. The van der Waals surface area contributed by atoms with Crippen molar-refractivity contribution in [3.63, 3.8) is 0 Å². The van der Waals surface area contributed by atoms with Crippen molar-refractivity contribution in [1.29, 1.82) is 0 Å². The lowest BCUT2D eigenvalue weighted by atomic mass is 9.84. The summed E-state index contributed by atoms with van der Waals surface area (Å²) in [5.41, 5.74) is 0.747. The molecule has 1 N–H and O–H groups in total. The number of methoxy groups -OCH3 is 2. The van der Waals surface area contributed by atoms with E-state index in [0.717, 1.165) is 17.5 Å². The van der Waals surface area contributed by atoms with Gasteiger partial charge in [0.05, 0.1) is 19.8 Å². The predicted molar refractivity (Wildman–Crippen MR) is 107 cm³/mol. The highest BCUT2D eigenvalue weighted by Gasteiger charge is 2.47. The van der Waals surface area contributed by atoms with Gasteiger partial charge in [0.2, 0.25) is 5.91 Å². The summed E-state index contributed by atoms with van der Waals surface area (Å²) in [6.07, 6.45) is 1.73. The first kappa shape index (κ1) is 19.7. The molecule has 2 aliphatic rings. The minimum atomic E-state index is -1.02. The van der Waals surface area contributed by atoms with Crippen molar-refractivity contribution in [1.82, 2.24) is 4.90 Å². The molecule has 0 spiro atoms. The standard InChI is InChI=1S/C23H26FNO4/c1-28-18-11-16(12-19(13-18)29-2)23(27)7-9-25(10-8-23)22(26)21-14-20(21)15-3-5-17(24)6-4-15/h3-6,11-13,20-21,27H,7-10,14H2,1-2H3/t20-,21-/m0/s1. The van der Waals surface area contributed by atoms with Crippen molar-refractivity contribution < 1.29 is 23.8 Å². The second kappa shape index (κ2) is 7.67. The van der Waals surface area contributed by atoms with Crippen LogP contribution in [0.25, 0.3) is 0 Å². The number of amides is 1. The Morgan fingerprint density at radius 1 is 1.07 bits per heavy atom. The van der Waals surface area contributed by atoms with Gasteiger partial charge in [0.25, 0.3) is 0 Å². The molecule has 1 amide bonds. The monoisotopic (exact) mass is 399 g/mol. The second-order valence-corrected chi connectivity index (χ2v) is 7.96. The van der Waals surface area contributed by atoms with Crippen molar-refractivity contribution in [3.8, 4) is 11.5 Å². The number of likely N-dealkylation sites (tertiary alicyclic amines) is 1. The molecule has 0 unspecified atom stereocenters. The second-order valence-electron chi connectivity index (χ2n) is 7.96. The lowest BCUT2D eigenvalue weighted by Gasteiger charge is -2.39. The van der Waals surface area contributed by atoms with E-state index in [2.05, 4.69) is 0 Å². The van der Waals surface area contributed by atoms with Gasteiger partial charge in [-0.15, -0.1) is 0 Å². The number of nitrogens with zero attached hydrogens (tertiary/aromatic N) is 1.